The number of anilines is 1. The zero-order valence-electron chi connectivity index (χ0n) is 16.2. The number of hydrogen-bond donors (Lipinski definition) is 1. The third-order valence-corrected chi connectivity index (χ3v) is 6.54. The quantitative estimate of drug-likeness (QED) is 0.510. The number of carbonyl (C=O) groups excluding carboxylic acids is 1. The highest BCUT2D eigenvalue weighted by atomic mass is 32.2. The molecule has 0 saturated carbocycles. The van der Waals surface area contributed by atoms with Gasteiger partial charge in [-0.2, -0.15) is 16.9 Å². The number of sulfonamides is 1. The van der Waals surface area contributed by atoms with E-state index in [0.29, 0.717) is 5.69 Å². The molecule has 2 aromatic rings. The Bertz CT molecular complexity index is 987. The van der Waals surface area contributed by atoms with Gasteiger partial charge >= 0.3 is 0 Å². The fraction of sp³-hybridized carbons (Fsp3) is 0.300. The van der Waals surface area contributed by atoms with Crippen LogP contribution in [0.15, 0.2) is 53.6 Å². The topological polar surface area (TPSA) is 88.1 Å². The summed E-state index contributed by atoms with van der Waals surface area (Å²) in [6.45, 7) is 1.54. The van der Waals surface area contributed by atoms with Crippen LogP contribution < -0.4 is 14.5 Å². The number of hydrazone groups is 1. The van der Waals surface area contributed by atoms with Crippen LogP contribution in [-0.4, -0.2) is 50.9 Å². The van der Waals surface area contributed by atoms with Crippen LogP contribution in [0.1, 0.15) is 11.1 Å². The summed E-state index contributed by atoms with van der Waals surface area (Å²) in [6, 6.07) is 14.3. The van der Waals surface area contributed by atoms with Crippen molar-refractivity contribution in [3.63, 3.8) is 0 Å². The second-order valence-electron chi connectivity index (χ2n) is 6.75. The zero-order valence-corrected chi connectivity index (χ0v) is 17.9. The number of ether oxygens (including phenoxy) is 1. The summed E-state index contributed by atoms with van der Waals surface area (Å²) < 4.78 is 31.1. The van der Waals surface area contributed by atoms with Gasteiger partial charge in [0.05, 0.1) is 18.2 Å². The van der Waals surface area contributed by atoms with Gasteiger partial charge in [0.2, 0.25) is 10.0 Å². The number of carbonyl (C=O) groups is 1. The average Bonchev–Trinajstić information content (AvgIpc) is 2.63. The molecule has 1 aliphatic heterocycles. The van der Waals surface area contributed by atoms with Crippen molar-refractivity contribution in [3.8, 4) is 5.75 Å². The number of rotatable bonds is 8. The second kappa shape index (κ2) is 9.32. The minimum Gasteiger partial charge on any atom is -0.489 e. The third kappa shape index (κ3) is 6.23. The lowest BCUT2D eigenvalue weighted by atomic mass is 10.2. The minimum absolute atomic E-state index is 0.246. The van der Waals surface area contributed by atoms with Crippen LogP contribution in [0, 0.1) is 6.92 Å². The van der Waals surface area contributed by atoms with Gasteiger partial charge < -0.3 is 4.74 Å². The van der Waals surface area contributed by atoms with Gasteiger partial charge in [-0.15, -0.1) is 0 Å². The van der Waals surface area contributed by atoms with Crippen molar-refractivity contribution < 1.29 is 17.9 Å². The summed E-state index contributed by atoms with van der Waals surface area (Å²) in [5.41, 5.74) is 4.57. The SMILES string of the molecule is Cc1ccc(N(CC(=O)NN=Cc2cccc(OC3CSC3)c2)S(C)(=O)=O)cc1. The number of nitrogens with zero attached hydrogens (tertiary/aromatic N) is 2. The molecule has 1 N–H and O–H groups in total. The largest absolute Gasteiger partial charge is 0.489 e. The first-order valence-corrected chi connectivity index (χ1v) is 12.0. The molecule has 1 saturated heterocycles. The van der Waals surface area contributed by atoms with Crippen molar-refractivity contribution in [2.45, 2.75) is 13.0 Å². The summed E-state index contributed by atoms with van der Waals surface area (Å²) in [5, 5.41) is 3.93. The smallest absolute Gasteiger partial charge is 0.260 e. The van der Waals surface area contributed by atoms with Gasteiger partial charge in [0.15, 0.2) is 0 Å². The Hall–Kier alpha value is -2.52. The Morgan fingerprint density at radius 1 is 1.28 bits per heavy atom. The Kier molecular flexibility index (Phi) is 6.81. The molecule has 7 nitrogen and oxygen atoms in total. The summed E-state index contributed by atoms with van der Waals surface area (Å²) in [6.07, 6.45) is 2.81. The summed E-state index contributed by atoms with van der Waals surface area (Å²) >= 11 is 1.85. The van der Waals surface area contributed by atoms with Crippen molar-refractivity contribution in [2.75, 3.05) is 28.6 Å². The number of amides is 1. The fourth-order valence-electron chi connectivity index (χ4n) is 2.60. The predicted octanol–water partition coefficient (Wildman–Crippen LogP) is 2.41. The van der Waals surface area contributed by atoms with Gasteiger partial charge in [0.25, 0.3) is 5.91 Å². The molecule has 3 rings (SSSR count). The number of nitrogens with one attached hydrogen (secondary N) is 1. The van der Waals surface area contributed by atoms with E-state index in [9.17, 15) is 13.2 Å². The molecule has 0 bridgehead atoms. The molecule has 9 heteroatoms. The van der Waals surface area contributed by atoms with Gasteiger partial charge in [-0.3, -0.25) is 9.10 Å². The molecule has 29 heavy (non-hydrogen) atoms. The van der Waals surface area contributed by atoms with E-state index in [1.54, 1.807) is 24.3 Å². The van der Waals surface area contributed by atoms with E-state index in [2.05, 4.69) is 10.5 Å². The molecular weight excluding hydrogens is 410 g/mol. The molecule has 2 aromatic carbocycles. The lowest BCUT2D eigenvalue weighted by molar-refractivity contribution is -0.119. The standard InChI is InChI=1S/C20H23N3O4S2/c1-15-6-8-17(9-7-15)23(29(2,25)26)12-20(24)22-21-11-16-4-3-5-18(10-16)27-19-13-28-14-19/h3-11,19H,12-14H2,1-2H3,(H,22,24). The maximum absolute atomic E-state index is 12.2. The first-order valence-electron chi connectivity index (χ1n) is 9.02. The van der Waals surface area contributed by atoms with Gasteiger partial charge in [-0.25, -0.2) is 13.8 Å². The van der Waals surface area contributed by atoms with E-state index >= 15 is 0 Å². The van der Waals surface area contributed by atoms with Crippen LogP contribution in [-0.2, 0) is 14.8 Å². The molecule has 154 valence electrons. The Labute approximate surface area is 175 Å². The molecule has 0 unspecified atom stereocenters. The van der Waals surface area contributed by atoms with Crippen LogP contribution >= 0.6 is 11.8 Å². The van der Waals surface area contributed by atoms with E-state index in [-0.39, 0.29) is 12.6 Å². The van der Waals surface area contributed by atoms with E-state index < -0.39 is 15.9 Å². The van der Waals surface area contributed by atoms with E-state index in [1.165, 1.54) is 6.21 Å². The van der Waals surface area contributed by atoms with Crippen molar-refractivity contribution in [1.29, 1.82) is 0 Å². The normalized spacial score (nSPS) is 14.4. The highest BCUT2D eigenvalue weighted by Crippen LogP contribution is 2.24. The highest BCUT2D eigenvalue weighted by molar-refractivity contribution is 8.00. The first-order chi connectivity index (χ1) is 13.8. The molecular formula is C20H23N3O4S2. The Morgan fingerprint density at radius 3 is 2.62 bits per heavy atom. The summed E-state index contributed by atoms with van der Waals surface area (Å²) in [4.78, 5) is 12.2. The monoisotopic (exact) mass is 433 g/mol. The van der Waals surface area contributed by atoms with Crippen LogP contribution in [0.3, 0.4) is 0 Å². The number of hydrogen-bond acceptors (Lipinski definition) is 6. The second-order valence-corrected chi connectivity index (χ2v) is 9.73. The summed E-state index contributed by atoms with van der Waals surface area (Å²) in [5.74, 6) is 2.21. The molecule has 0 spiro atoms. The molecule has 1 aliphatic rings. The lowest BCUT2D eigenvalue weighted by Gasteiger charge is -2.25. The van der Waals surface area contributed by atoms with Crippen LogP contribution in [0.2, 0.25) is 0 Å². The zero-order chi connectivity index (χ0) is 20.9. The van der Waals surface area contributed by atoms with Gasteiger partial charge in [0.1, 0.15) is 18.4 Å². The molecule has 0 aromatic heterocycles. The predicted molar refractivity (Wildman–Crippen MR) is 117 cm³/mol. The Balaban J connectivity index is 1.60. The molecule has 1 heterocycles. The van der Waals surface area contributed by atoms with Gasteiger partial charge in [-0.05, 0) is 36.8 Å². The average molecular weight is 434 g/mol. The lowest BCUT2D eigenvalue weighted by Crippen LogP contribution is -2.39. The van der Waals surface area contributed by atoms with Crippen LogP contribution in [0.25, 0.3) is 0 Å². The maximum Gasteiger partial charge on any atom is 0.260 e. The van der Waals surface area contributed by atoms with E-state index in [4.69, 9.17) is 4.74 Å². The molecule has 0 radical (unpaired) electrons. The van der Waals surface area contributed by atoms with Gasteiger partial charge in [0, 0.05) is 11.5 Å². The third-order valence-electron chi connectivity index (χ3n) is 4.18. The van der Waals surface area contributed by atoms with Crippen molar-refractivity contribution in [1.82, 2.24) is 5.43 Å². The highest BCUT2D eigenvalue weighted by Gasteiger charge is 2.21. The number of aryl methyl sites for hydroxylation is 1. The minimum atomic E-state index is -3.61. The summed E-state index contributed by atoms with van der Waals surface area (Å²) in [7, 11) is -3.61. The molecule has 1 amide bonds. The van der Waals surface area contributed by atoms with Crippen molar-refractivity contribution in [3.05, 3.63) is 59.7 Å². The van der Waals surface area contributed by atoms with Crippen molar-refractivity contribution >= 4 is 39.6 Å². The first kappa shape index (κ1) is 21.2. The number of thioether (sulfide) groups is 1. The molecule has 0 atom stereocenters. The van der Waals surface area contributed by atoms with E-state index in [1.807, 2.05) is 43.0 Å². The van der Waals surface area contributed by atoms with Crippen LogP contribution in [0.4, 0.5) is 5.69 Å². The molecule has 0 aliphatic carbocycles. The fourth-order valence-corrected chi connectivity index (χ4v) is 4.02. The maximum atomic E-state index is 12.2. The number of benzene rings is 2. The van der Waals surface area contributed by atoms with Crippen LogP contribution in [0.5, 0.6) is 5.75 Å². The van der Waals surface area contributed by atoms with Gasteiger partial charge in [-0.1, -0.05) is 29.8 Å². The van der Waals surface area contributed by atoms with Crippen molar-refractivity contribution in [2.24, 2.45) is 5.10 Å². The Morgan fingerprint density at radius 2 is 2.00 bits per heavy atom. The van der Waals surface area contributed by atoms with E-state index in [0.717, 1.165) is 38.9 Å². The molecule has 1 fully saturated rings.